The third kappa shape index (κ3) is 2.67. The van der Waals surface area contributed by atoms with E-state index in [1.165, 1.54) is 16.8 Å². The predicted molar refractivity (Wildman–Crippen MR) is 89.7 cm³/mol. The highest BCUT2D eigenvalue weighted by molar-refractivity contribution is 5.84. The van der Waals surface area contributed by atoms with Crippen LogP contribution in [0, 0.1) is 20.8 Å². The zero-order valence-electron chi connectivity index (χ0n) is 13.6. The largest absolute Gasteiger partial charge is 0.373 e. The molecule has 0 aliphatic rings. The van der Waals surface area contributed by atoms with Gasteiger partial charge in [0.1, 0.15) is 6.23 Å². The lowest BCUT2D eigenvalue weighted by atomic mass is 10.1. The molecule has 116 valence electrons. The maximum atomic E-state index is 10.4. The molecular formula is C18H23N3O. The number of aliphatic hydroxyl groups excluding tert-OH is 1. The molecule has 2 heterocycles. The number of benzene rings is 1. The predicted octanol–water partition coefficient (Wildman–Crippen LogP) is 3.21. The van der Waals surface area contributed by atoms with Crippen molar-refractivity contribution in [2.75, 3.05) is 0 Å². The number of nitrogens with zero attached hydrogens (tertiary/aromatic N) is 1. The van der Waals surface area contributed by atoms with Crippen LogP contribution in [-0.4, -0.2) is 14.7 Å². The Labute approximate surface area is 130 Å². The molecule has 0 aliphatic carbocycles. The first-order valence-corrected chi connectivity index (χ1v) is 7.58. The summed E-state index contributed by atoms with van der Waals surface area (Å²) in [5, 5.41) is 14.7. The van der Waals surface area contributed by atoms with Gasteiger partial charge >= 0.3 is 0 Å². The SMILES string of the molecule is Cc1cc(C)c2cc(C(O)NCc3ccc(C)n3C)[nH]c2c1. The van der Waals surface area contributed by atoms with Crippen molar-refractivity contribution in [3.63, 3.8) is 0 Å². The third-order valence-corrected chi connectivity index (χ3v) is 4.36. The number of hydrogen-bond acceptors (Lipinski definition) is 2. The summed E-state index contributed by atoms with van der Waals surface area (Å²) in [7, 11) is 2.04. The van der Waals surface area contributed by atoms with Crippen molar-refractivity contribution in [3.05, 3.63) is 58.5 Å². The van der Waals surface area contributed by atoms with Crippen LogP contribution in [0.4, 0.5) is 0 Å². The Morgan fingerprint density at radius 2 is 1.95 bits per heavy atom. The fraction of sp³-hybridized carbons (Fsp3) is 0.333. The standard InChI is InChI=1S/C18H23N3O/c1-11-7-12(2)15-9-17(20-16(15)8-11)18(22)19-10-14-6-5-13(3)21(14)4/h5-9,18-20,22H,10H2,1-4H3. The van der Waals surface area contributed by atoms with Gasteiger partial charge in [-0.15, -0.1) is 0 Å². The quantitative estimate of drug-likeness (QED) is 0.648. The lowest BCUT2D eigenvalue weighted by molar-refractivity contribution is 0.132. The van der Waals surface area contributed by atoms with Gasteiger partial charge in [-0.2, -0.15) is 0 Å². The molecule has 22 heavy (non-hydrogen) atoms. The smallest absolute Gasteiger partial charge is 0.146 e. The van der Waals surface area contributed by atoms with Gasteiger partial charge in [-0.3, -0.25) is 5.32 Å². The molecular weight excluding hydrogens is 274 g/mol. The van der Waals surface area contributed by atoms with E-state index in [2.05, 4.69) is 59.9 Å². The van der Waals surface area contributed by atoms with Crippen molar-refractivity contribution in [2.45, 2.75) is 33.5 Å². The van der Waals surface area contributed by atoms with E-state index in [1.54, 1.807) is 0 Å². The maximum Gasteiger partial charge on any atom is 0.146 e. The minimum atomic E-state index is -0.706. The molecule has 0 amide bonds. The number of aromatic nitrogens is 2. The van der Waals surface area contributed by atoms with E-state index in [9.17, 15) is 5.11 Å². The average molecular weight is 297 g/mol. The molecule has 0 saturated heterocycles. The molecule has 2 aromatic heterocycles. The van der Waals surface area contributed by atoms with Crippen LogP contribution in [0.1, 0.15) is 34.4 Å². The van der Waals surface area contributed by atoms with Crippen LogP contribution in [0.15, 0.2) is 30.3 Å². The van der Waals surface area contributed by atoms with Gasteiger partial charge in [0.05, 0.1) is 5.69 Å². The lowest BCUT2D eigenvalue weighted by Crippen LogP contribution is -2.22. The van der Waals surface area contributed by atoms with Crippen molar-refractivity contribution in [3.8, 4) is 0 Å². The number of H-pyrrole nitrogens is 1. The highest BCUT2D eigenvalue weighted by Crippen LogP contribution is 2.24. The Morgan fingerprint density at radius 1 is 1.18 bits per heavy atom. The molecule has 4 heteroatoms. The molecule has 3 N–H and O–H groups in total. The fourth-order valence-corrected chi connectivity index (χ4v) is 2.92. The zero-order valence-corrected chi connectivity index (χ0v) is 13.6. The van der Waals surface area contributed by atoms with Crippen LogP contribution in [0.5, 0.6) is 0 Å². The summed E-state index contributed by atoms with van der Waals surface area (Å²) in [5.41, 5.74) is 6.68. The van der Waals surface area contributed by atoms with Gasteiger partial charge in [0, 0.05) is 35.9 Å². The van der Waals surface area contributed by atoms with Crippen LogP contribution >= 0.6 is 0 Å². The van der Waals surface area contributed by atoms with Gasteiger partial charge < -0.3 is 14.7 Å². The van der Waals surface area contributed by atoms with Gasteiger partial charge in [-0.1, -0.05) is 6.07 Å². The van der Waals surface area contributed by atoms with Gasteiger partial charge in [0.15, 0.2) is 0 Å². The minimum absolute atomic E-state index is 0.624. The number of aryl methyl sites for hydroxylation is 3. The second kappa shape index (κ2) is 5.63. The van der Waals surface area contributed by atoms with Crippen molar-refractivity contribution in [1.82, 2.24) is 14.9 Å². The van der Waals surface area contributed by atoms with Crippen molar-refractivity contribution in [2.24, 2.45) is 7.05 Å². The summed E-state index contributed by atoms with van der Waals surface area (Å²) >= 11 is 0. The first kappa shape index (κ1) is 14.9. The Morgan fingerprint density at radius 3 is 2.64 bits per heavy atom. The number of rotatable bonds is 4. The molecule has 3 rings (SSSR count). The van der Waals surface area contributed by atoms with Crippen LogP contribution in [0.3, 0.4) is 0 Å². The molecule has 0 aliphatic heterocycles. The molecule has 4 nitrogen and oxygen atoms in total. The molecule has 1 unspecified atom stereocenters. The summed E-state index contributed by atoms with van der Waals surface area (Å²) in [5.74, 6) is 0. The number of aromatic amines is 1. The van der Waals surface area contributed by atoms with Gasteiger partial charge in [0.25, 0.3) is 0 Å². The van der Waals surface area contributed by atoms with Gasteiger partial charge in [-0.25, -0.2) is 0 Å². The Bertz CT molecular complexity index is 813. The van der Waals surface area contributed by atoms with E-state index >= 15 is 0 Å². The van der Waals surface area contributed by atoms with E-state index in [1.807, 2.05) is 13.1 Å². The highest BCUT2D eigenvalue weighted by atomic mass is 16.3. The van der Waals surface area contributed by atoms with Crippen molar-refractivity contribution in [1.29, 1.82) is 0 Å². The van der Waals surface area contributed by atoms with Gasteiger partial charge in [0.2, 0.25) is 0 Å². The molecule has 0 bridgehead atoms. The number of fused-ring (bicyclic) bond motifs is 1. The number of nitrogens with one attached hydrogen (secondary N) is 2. The Hall–Kier alpha value is -2.04. The van der Waals surface area contributed by atoms with E-state index in [0.717, 1.165) is 22.3 Å². The number of hydrogen-bond donors (Lipinski definition) is 3. The zero-order chi connectivity index (χ0) is 15.9. The summed E-state index contributed by atoms with van der Waals surface area (Å²) in [6, 6.07) is 10.5. The monoisotopic (exact) mass is 297 g/mol. The topological polar surface area (TPSA) is 53.0 Å². The number of aliphatic hydroxyl groups is 1. The molecule has 0 fully saturated rings. The minimum Gasteiger partial charge on any atom is -0.373 e. The lowest BCUT2D eigenvalue weighted by Gasteiger charge is -2.12. The molecule has 1 aromatic carbocycles. The second-order valence-electron chi connectivity index (χ2n) is 6.08. The third-order valence-electron chi connectivity index (χ3n) is 4.36. The molecule has 0 spiro atoms. The molecule has 1 atom stereocenters. The normalized spacial score (nSPS) is 13.0. The first-order valence-electron chi connectivity index (χ1n) is 7.58. The van der Waals surface area contributed by atoms with Crippen molar-refractivity contribution >= 4 is 10.9 Å². The molecule has 3 aromatic rings. The molecule has 0 saturated carbocycles. The maximum absolute atomic E-state index is 10.4. The van der Waals surface area contributed by atoms with Crippen LogP contribution in [0.25, 0.3) is 10.9 Å². The summed E-state index contributed by atoms with van der Waals surface area (Å²) < 4.78 is 2.12. The first-order chi connectivity index (χ1) is 10.5. The van der Waals surface area contributed by atoms with Crippen molar-refractivity contribution < 1.29 is 5.11 Å². The Balaban J connectivity index is 1.79. The van der Waals surface area contributed by atoms with E-state index in [0.29, 0.717) is 6.54 Å². The van der Waals surface area contributed by atoms with Crippen LogP contribution in [-0.2, 0) is 13.6 Å². The van der Waals surface area contributed by atoms with Crippen LogP contribution in [0.2, 0.25) is 0 Å². The fourth-order valence-electron chi connectivity index (χ4n) is 2.92. The van der Waals surface area contributed by atoms with Crippen LogP contribution < -0.4 is 5.32 Å². The Kier molecular flexibility index (Phi) is 3.81. The summed E-state index contributed by atoms with van der Waals surface area (Å²) in [6.45, 7) is 6.88. The van der Waals surface area contributed by atoms with E-state index < -0.39 is 6.23 Å². The second-order valence-corrected chi connectivity index (χ2v) is 6.08. The van der Waals surface area contributed by atoms with E-state index in [-0.39, 0.29) is 0 Å². The van der Waals surface area contributed by atoms with E-state index in [4.69, 9.17) is 0 Å². The summed E-state index contributed by atoms with van der Waals surface area (Å²) in [6.07, 6.45) is -0.706. The van der Waals surface area contributed by atoms with Gasteiger partial charge in [-0.05, 0) is 56.2 Å². The molecule has 0 radical (unpaired) electrons. The summed E-state index contributed by atoms with van der Waals surface area (Å²) in [4.78, 5) is 3.31. The highest BCUT2D eigenvalue weighted by Gasteiger charge is 2.12. The average Bonchev–Trinajstić information content (AvgIpc) is 3.02.